The number of benzene rings is 2. The Kier molecular flexibility index (Phi) is 76.0. The Morgan fingerprint density at radius 3 is 0.561 bits per heavy atom. The summed E-state index contributed by atoms with van der Waals surface area (Å²) in [6.45, 7) is 21.1. The molecule has 0 bridgehead atoms. The molecular formula is C95H172N2Ni. The quantitative estimate of drug-likeness (QED) is 0.0273. The van der Waals surface area contributed by atoms with Crippen LogP contribution in [0, 0.1) is 13.8 Å². The Morgan fingerprint density at radius 2 is 0.367 bits per heavy atom. The van der Waals surface area contributed by atoms with Crippen molar-refractivity contribution in [3.8, 4) is 0 Å². The van der Waals surface area contributed by atoms with Crippen molar-refractivity contribution in [2.75, 3.05) is 0 Å². The number of rotatable bonds is 71. The van der Waals surface area contributed by atoms with Gasteiger partial charge in [-0.05, 0) is 86.8 Å². The van der Waals surface area contributed by atoms with Crippen LogP contribution in [0.4, 0.5) is 0 Å². The van der Waals surface area contributed by atoms with Crippen LogP contribution in [0.15, 0.2) is 59.7 Å². The molecule has 3 heteroatoms. The van der Waals surface area contributed by atoms with E-state index in [0.717, 1.165) is 49.9 Å². The van der Waals surface area contributed by atoms with Crippen LogP contribution in [0.3, 0.4) is 0 Å². The summed E-state index contributed by atoms with van der Waals surface area (Å²) in [6.07, 6.45) is 98.0. The molecule has 0 aromatic heterocycles. The van der Waals surface area contributed by atoms with Crippen LogP contribution in [0.1, 0.15) is 507 Å². The van der Waals surface area contributed by atoms with Gasteiger partial charge in [0.25, 0.3) is 0 Å². The number of hydrogen-bond donors (Lipinski definition) is 0. The van der Waals surface area contributed by atoms with Gasteiger partial charge in [0.2, 0.25) is 11.4 Å². The molecule has 0 saturated heterocycles. The zero-order valence-corrected chi connectivity index (χ0v) is 68.4. The van der Waals surface area contributed by atoms with Crippen LogP contribution in [-0.2, 0) is 29.3 Å². The Balaban J connectivity index is 0.00000660. The molecule has 2 nitrogen and oxygen atoms in total. The van der Waals surface area contributed by atoms with Crippen LogP contribution in [0.25, 0.3) is 16.9 Å². The minimum atomic E-state index is 0. The fourth-order valence-corrected chi connectivity index (χ4v) is 14.9. The summed E-state index contributed by atoms with van der Waals surface area (Å²) in [5.41, 5.74) is 22.4. The molecule has 0 aliphatic carbocycles. The van der Waals surface area contributed by atoms with Gasteiger partial charge < -0.3 is 19.4 Å². The molecular weight excluding hydrogens is 1230 g/mol. The average Bonchev–Trinajstić information content (AvgIpc) is 1.61. The van der Waals surface area contributed by atoms with Crippen LogP contribution in [0.2, 0.25) is 0 Å². The van der Waals surface area contributed by atoms with E-state index in [1.807, 2.05) is 0 Å². The fourth-order valence-electron chi connectivity index (χ4n) is 14.9. The first-order chi connectivity index (χ1) is 48.0. The monoisotopic (exact) mass is 1400 g/mol. The van der Waals surface area contributed by atoms with Gasteiger partial charge in [-0.2, -0.15) is 12.8 Å². The molecule has 0 saturated carbocycles. The summed E-state index contributed by atoms with van der Waals surface area (Å²) in [7, 11) is 0. The Morgan fingerprint density at radius 1 is 0.214 bits per heavy atom. The van der Waals surface area contributed by atoms with E-state index in [9.17, 15) is 5.53 Å². The van der Waals surface area contributed by atoms with Crippen LogP contribution < -0.4 is 0 Å². The molecule has 0 unspecified atom stereocenters. The third-order valence-electron chi connectivity index (χ3n) is 21.5. The van der Waals surface area contributed by atoms with Crippen molar-refractivity contribution in [3.05, 3.63) is 101 Å². The Labute approximate surface area is 627 Å². The van der Waals surface area contributed by atoms with Crippen molar-refractivity contribution in [2.24, 2.45) is 0 Å². The van der Waals surface area contributed by atoms with E-state index in [2.05, 4.69) is 104 Å². The van der Waals surface area contributed by atoms with Gasteiger partial charge in [-0.25, -0.2) is 4.70 Å². The number of aryl methyl sites for hydroxylation is 2. The smallest absolute Gasteiger partial charge is 0.493 e. The molecule has 0 atom stereocenters. The summed E-state index contributed by atoms with van der Waals surface area (Å²) in [6, 6.07) is 18.7. The Hall–Kier alpha value is -1.99. The summed E-state index contributed by atoms with van der Waals surface area (Å²) in [5, 5.41) is 0. The molecule has 0 radical (unpaired) electrons. The molecule has 0 amide bonds. The molecule has 0 N–H and O–H groups in total. The van der Waals surface area contributed by atoms with Gasteiger partial charge in [-0.15, -0.1) is 0 Å². The van der Waals surface area contributed by atoms with Crippen LogP contribution >= 0.6 is 0 Å². The molecule has 2 aromatic carbocycles. The first-order valence-electron chi connectivity index (χ1n) is 44.7. The maximum atomic E-state index is 12.3. The van der Waals surface area contributed by atoms with E-state index >= 15 is 0 Å². The summed E-state index contributed by atoms with van der Waals surface area (Å²) >= 11 is 0. The van der Waals surface area contributed by atoms with Gasteiger partial charge in [-0.3, -0.25) is 0 Å². The van der Waals surface area contributed by atoms with Crippen molar-refractivity contribution >= 4 is 11.4 Å². The average molecular weight is 1400 g/mol. The van der Waals surface area contributed by atoms with Gasteiger partial charge in [-0.1, -0.05) is 457 Å². The van der Waals surface area contributed by atoms with Gasteiger partial charge in [0.1, 0.15) is 0 Å². The first-order valence-corrected chi connectivity index (χ1v) is 44.7. The third kappa shape index (κ3) is 57.4. The standard InChI is InChI=1S/C83H146N2.2C6H13.Ni/c1-5-9-13-16-18-20-22-24-26-28-30-32-34-36-38-40-42-44-46-48-50-52-54-56-58-61-64-76-68-72-78(73-69-76)82-80(66-60-12-8-4)81(67-63-15-11-7-3)83(85(82)84)79-74-70-77(71-75-79)65-62-59-57-55-53-51-49-47-45-43-41-39-37-35-33-31-29-27-25-23-21-19-17-14-10-6-2;2*1-3-5-6-4-2;/h68-75H,5-67H2,1-4H3;2*1,3-6H2,2H3;/q;2*-1;+2. The minimum absolute atomic E-state index is 0. The summed E-state index contributed by atoms with van der Waals surface area (Å²) in [5.74, 6) is 0. The maximum absolute atomic E-state index is 12.3. The van der Waals surface area contributed by atoms with Crippen molar-refractivity contribution < 1.29 is 21.2 Å². The maximum Gasteiger partial charge on any atom is 2.00 e. The van der Waals surface area contributed by atoms with E-state index in [1.165, 1.54) is 451 Å². The fraction of sp³-hybridized carbons (Fsp3) is 0.811. The minimum Gasteiger partial charge on any atom is -0.493 e. The molecule has 0 spiro atoms. The molecule has 0 fully saturated rings. The predicted molar refractivity (Wildman–Crippen MR) is 441 cm³/mol. The molecule has 1 heterocycles. The van der Waals surface area contributed by atoms with Gasteiger partial charge in [0.15, 0.2) is 0 Å². The second-order valence-electron chi connectivity index (χ2n) is 30.9. The van der Waals surface area contributed by atoms with Gasteiger partial charge in [0, 0.05) is 22.3 Å². The molecule has 98 heavy (non-hydrogen) atoms. The Bertz CT molecular complexity index is 1960. The molecule has 2 aromatic rings. The topological polar surface area (TPSA) is 25.3 Å². The molecule has 1 aliphatic heterocycles. The zero-order chi connectivity index (χ0) is 70.1. The van der Waals surface area contributed by atoms with Gasteiger partial charge in [0.05, 0.1) is 0 Å². The van der Waals surface area contributed by atoms with Crippen molar-refractivity contribution in [3.63, 3.8) is 0 Å². The largest absolute Gasteiger partial charge is 2.00 e. The molecule has 1 aliphatic rings. The van der Waals surface area contributed by atoms with Crippen LogP contribution in [-0.4, -0.2) is 4.70 Å². The van der Waals surface area contributed by atoms with Crippen molar-refractivity contribution in [1.82, 2.24) is 0 Å². The number of unbranched alkanes of at least 4 members (excludes halogenated alkanes) is 61. The van der Waals surface area contributed by atoms with E-state index in [0.29, 0.717) is 0 Å². The van der Waals surface area contributed by atoms with E-state index in [1.54, 1.807) is 4.70 Å². The third-order valence-corrected chi connectivity index (χ3v) is 21.5. The van der Waals surface area contributed by atoms with E-state index < -0.39 is 0 Å². The zero-order valence-electron chi connectivity index (χ0n) is 67.4. The van der Waals surface area contributed by atoms with Crippen molar-refractivity contribution in [2.45, 2.75) is 497 Å². The number of nitrogens with zero attached hydrogens (tertiary/aromatic N) is 2. The van der Waals surface area contributed by atoms with E-state index in [-0.39, 0.29) is 16.5 Å². The molecule has 572 valence electrons. The number of allylic oxidation sites excluding steroid dienone is 2. The van der Waals surface area contributed by atoms with Crippen molar-refractivity contribution in [1.29, 1.82) is 0 Å². The SMILES string of the molecule is CCCCCCCCCCCCCCCCCCCCCCCCCCCCc1ccc(C2=C(CCCCC)C(CCCCCC)=C(c3ccc(CCCCCCCCCCCCCCCCCCCCCCCCCCCC)cc3)[N+]2=[N-])cc1.[CH2-]CCCCC.[CH2-]CCCCC.[Ni+2]. The first kappa shape index (κ1) is 96.0. The predicted octanol–water partition coefficient (Wildman–Crippen LogP) is 34.6. The summed E-state index contributed by atoms with van der Waals surface area (Å²) < 4.78 is 1.62. The normalized spacial score (nSPS) is 12.2. The van der Waals surface area contributed by atoms with Gasteiger partial charge >= 0.3 is 16.5 Å². The van der Waals surface area contributed by atoms with E-state index in [4.69, 9.17) is 0 Å². The number of hydrogen-bond acceptors (Lipinski definition) is 0. The molecule has 3 rings (SSSR count). The van der Waals surface area contributed by atoms with Crippen LogP contribution in [0.5, 0.6) is 0 Å². The second kappa shape index (κ2) is 77.6. The summed E-state index contributed by atoms with van der Waals surface area (Å²) in [4.78, 5) is 0. The second-order valence-corrected chi connectivity index (χ2v) is 30.9.